The van der Waals surface area contributed by atoms with E-state index in [1.807, 2.05) is 6.92 Å². The van der Waals surface area contributed by atoms with Gasteiger partial charge in [-0.2, -0.15) is 0 Å². The Balaban J connectivity index is 1.85. The Morgan fingerprint density at radius 2 is 2.14 bits per heavy atom. The van der Waals surface area contributed by atoms with Gasteiger partial charge in [-0.15, -0.1) is 0 Å². The molecular formula is C10H20N2O2. The number of fused-ring (bicyclic) bond motifs is 1. The highest BCUT2D eigenvalue weighted by molar-refractivity contribution is 4.91. The van der Waals surface area contributed by atoms with Crippen molar-refractivity contribution >= 4 is 0 Å². The van der Waals surface area contributed by atoms with Crippen LogP contribution in [0.2, 0.25) is 0 Å². The van der Waals surface area contributed by atoms with E-state index in [0.717, 1.165) is 39.1 Å². The monoisotopic (exact) mass is 200 g/mol. The third-order valence-electron chi connectivity index (χ3n) is 3.20. The molecule has 0 aliphatic carbocycles. The van der Waals surface area contributed by atoms with E-state index in [4.69, 9.17) is 0 Å². The maximum Gasteiger partial charge on any atom is 0.0682 e. The first-order chi connectivity index (χ1) is 6.65. The van der Waals surface area contributed by atoms with Crippen LogP contribution in [0.3, 0.4) is 0 Å². The van der Waals surface area contributed by atoms with Crippen molar-refractivity contribution < 1.29 is 10.2 Å². The maximum atomic E-state index is 9.52. The van der Waals surface area contributed by atoms with Gasteiger partial charge in [-0.05, 0) is 13.3 Å². The van der Waals surface area contributed by atoms with Crippen molar-refractivity contribution in [1.29, 1.82) is 0 Å². The molecule has 2 rings (SSSR count). The fraction of sp³-hybridized carbons (Fsp3) is 1.00. The largest absolute Gasteiger partial charge is 0.392 e. The normalized spacial score (nSPS) is 37.1. The molecule has 0 saturated carbocycles. The van der Waals surface area contributed by atoms with Gasteiger partial charge in [-0.25, -0.2) is 0 Å². The lowest BCUT2D eigenvalue weighted by atomic mass is 10.1. The van der Waals surface area contributed by atoms with Crippen molar-refractivity contribution in [2.45, 2.75) is 31.6 Å². The van der Waals surface area contributed by atoms with Gasteiger partial charge < -0.3 is 10.2 Å². The Labute approximate surface area is 85.1 Å². The van der Waals surface area contributed by atoms with Gasteiger partial charge in [0.25, 0.3) is 0 Å². The maximum absolute atomic E-state index is 9.52. The lowest BCUT2D eigenvalue weighted by Gasteiger charge is -2.37. The molecule has 2 N–H and O–H groups in total. The molecule has 2 unspecified atom stereocenters. The molecule has 4 heteroatoms. The van der Waals surface area contributed by atoms with Crippen LogP contribution >= 0.6 is 0 Å². The molecule has 2 aliphatic rings. The fourth-order valence-corrected chi connectivity index (χ4v) is 2.62. The summed E-state index contributed by atoms with van der Waals surface area (Å²) in [5.74, 6) is 0. The van der Waals surface area contributed by atoms with Crippen molar-refractivity contribution in [1.82, 2.24) is 9.80 Å². The van der Waals surface area contributed by atoms with Crippen molar-refractivity contribution in [3.05, 3.63) is 0 Å². The third-order valence-corrected chi connectivity index (χ3v) is 3.20. The number of hydrogen-bond acceptors (Lipinski definition) is 4. The van der Waals surface area contributed by atoms with Crippen LogP contribution in [0.4, 0.5) is 0 Å². The van der Waals surface area contributed by atoms with Gasteiger partial charge in [0.2, 0.25) is 0 Å². The highest BCUT2D eigenvalue weighted by Crippen LogP contribution is 2.21. The SMILES string of the molecule is C[C@H](O)CN1CCN2CC(O)CC2C1. The Hall–Kier alpha value is -0.160. The first-order valence-electron chi connectivity index (χ1n) is 5.47. The molecule has 0 aromatic rings. The van der Waals surface area contributed by atoms with Crippen LogP contribution in [0.15, 0.2) is 0 Å². The van der Waals surface area contributed by atoms with E-state index in [9.17, 15) is 10.2 Å². The molecule has 14 heavy (non-hydrogen) atoms. The number of aliphatic hydroxyl groups is 2. The van der Waals surface area contributed by atoms with Crippen LogP contribution in [0, 0.1) is 0 Å². The molecule has 0 amide bonds. The molecular weight excluding hydrogens is 180 g/mol. The van der Waals surface area contributed by atoms with E-state index in [1.165, 1.54) is 0 Å². The first-order valence-corrected chi connectivity index (χ1v) is 5.47. The zero-order valence-electron chi connectivity index (χ0n) is 8.76. The molecule has 0 aromatic carbocycles. The molecule has 2 fully saturated rings. The van der Waals surface area contributed by atoms with Crippen LogP contribution in [0.25, 0.3) is 0 Å². The van der Waals surface area contributed by atoms with Crippen LogP contribution in [0.1, 0.15) is 13.3 Å². The van der Waals surface area contributed by atoms with Gasteiger partial charge in [0.05, 0.1) is 12.2 Å². The van der Waals surface area contributed by atoms with Gasteiger partial charge in [0.1, 0.15) is 0 Å². The first kappa shape index (κ1) is 10.4. The van der Waals surface area contributed by atoms with Crippen LogP contribution in [-0.4, -0.2) is 71.0 Å². The lowest BCUT2D eigenvalue weighted by molar-refractivity contribution is 0.0628. The predicted octanol–water partition coefficient (Wildman–Crippen LogP) is -0.882. The number of piperazine rings is 1. The van der Waals surface area contributed by atoms with Gasteiger partial charge in [0.15, 0.2) is 0 Å². The van der Waals surface area contributed by atoms with Crippen LogP contribution in [-0.2, 0) is 0 Å². The van der Waals surface area contributed by atoms with Crippen LogP contribution < -0.4 is 0 Å². The highest BCUT2D eigenvalue weighted by atomic mass is 16.3. The second kappa shape index (κ2) is 4.14. The average molecular weight is 200 g/mol. The molecule has 2 heterocycles. The summed E-state index contributed by atoms with van der Waals surface area (Å²) in [6.07, 6.45) is 0.524. The minimum Gasteiger partial charge on any atom is -0.392 e. The van der Waals surface area contributed by atoms with Crippen molar-refractivity contribution in [2.75, 3.05) is 32.7 Å². The smallest absolute Gasteiger partial charge is 0.0682 e. The Kier molecular flexibility index (Phi) is 3.07. The topological polar surface area (TPSA) is 46.9 Å². The second-order valence-corrected chi connectivity index (χ2v) is 4.65. The number of hydrogen-bond donors (Lipinski definition) is 2. The molecule has 82 valence electrons. The molecule has 4 nitrogen and oxygen atoms in total. The van der Waals surface area contributed by atoms with Gasteiger partial charge in [-0.1, -0.05) is 0 Å². The number of β-amino-alcohol motifs (C(OH)–C–C–N with tert-alkyl or cyclic N) is 1. The van der Waals surface area contributed by atoms with E-state index in [1.54, 1.807) is 0 Å². The third kappa shape index (κ3) is 2.25. The van der Waals surface area contributed by atoms with Crippen LogP contribution in [0.5, 0.6) is 0 Å². The van der Waals surface area contributed by atoms with E-state index in [2.05, 4.69) is 9.80 Å². The molecule has 0 aromatic heterocycles. The average Bonchev–Trinajstić information content (AvgIpc) is 2.42. The highest BCUT2D eigenvalue weighted by Gasteiger charge is 2.35. The summed E-state index contributed by atoms with van der Waals surface area (Å²) in [6.45, 7) is 6.49. The standard InChI is InChI=1S/C10H20N2O2/c1-8(13)5-11-2-3-12-7-10(14)4-9(12)6-11/h8-10,13-14H,2-7H2,1H3/t8-,9?,10?/m0/s1. The summed E-state index contributed by atoms with van der Waals surface area (Å²) in [6, 6.07) is 0.512. The van der Waals surface area contributed by atoms with Crippen molar-refractivity contribution in [2.24, 2.45) is 0 Å². The Morgan fingerprint density at radius 1 is 1.36 bits per heavy atom. The molecule has 2 aliphatic heterocycles. The van der Waals surface area contributed by atoms with E-state index >= 15 is 0 Å². The lowest BCUT2D eigenvalue weighted by Crippen LogP contribution is -2.51. The summed E-state index contributed by atoms with van der Waals surface area (Å²) in [4.78, 5) is 4.66. The summed E-state index contributed by atoms with van der Waals surface area (Å²) in [5, 5.41) is 18.8. The van der Waals surface area contributed by atoms with E-state index < -0.39 is 0 Å². The fourth-order valence-electron chi connectivity index (χ4n) is 2.62. The van der Waals surface area contributed by atoms with Crippen molar-refractivity contribution in [3.63, 3.8) is 0 Å². The predicted molar refractivity (Wildman–Crippen MR) is 54.1 cm³/mol. The molecule has 0 spiro atoms. The zero-order chi connectivity index (χ0) is 10.1. The quantitative estimate of drug-likeness (QED) is 0.607. The Morgan fingerprint density at radius 3 is 2.86 bits per heavy atom. The molecule has 0 bridgehead atoms. The summed E-state index contributed by atoms with van der Waals surface area (Å²) in [7, 11) is 0. The van der Waals surface area contributed by atoms with E-state index in [0.29, 0.717) is 6.04 Å². The molecule has 3 atom stereocenters. The Bertz CT molecular complexity index is 199. The number of rotatable bonds is 2. The molecule has 2 saturated heterocycles. The van der Waals surface area contributed by atoms with Gasteiger partial charge >= 0.3 is 0 Å². The minimum absolute atomic E-state index is 0.133. The van der Waals surface area contributed by atoms with Gasteiger partial charge in [0, 0.05) is 38.8 Å². The number of aliphatic hydroxyl groups excluding tert-OH is 2. The summed E-state index contributed by atoms with van der Waals surface area (Å²) >= 11 is 0. The summed E-state index contributed by atoms with van der Waals surface area (Å²) < 4.78 is 0. The molecule has 0 radical (unpaired) electrons. The zero-order valence-corrected chi connectivity index (χ0v) is 8.76. The second-order valence-electron chi connectivity index (χ2n) is 4.65. The van der Waals surface area contributed by atoms with E-state index in [-0.39, 0.29) is 12.2 Å². The number of nitrogens with zero attached hydrogens (tertiary/aromatic N) is 2. The van der Waals surface area contributed by atoms with Gasteiger partial charge in [-0.3, -0.25) is 9.80 Å². The minimum atomic E-state index is -0.243. The van der Waals surface area contributed by atoms with Crippen molar-refractivity contribution in [3.8, 4) is 0 Å². The summed E-state index contributed by atoms with van der Waals surface area (Å²) in [5.41, 5.74) is 0.